The minimum Gasteiger partial charge on any atom is -0.493 e. The van der Waals surface area contributed by atoms with Crippen molar-refractivity contribution in [3.8, 4) is 5.75 Å². The van der Waals surface area contributed by atoms with Gasteiger partial charge in [0.15, 0.2) is 0 Å². The number of benzene rings is 2. The van der Waals surface area contributed by atoms with Gasteiger partial charge >= 0.3 is 0 Å². The molecule has 1 heterocycles. The highest BCUT2D eigenvalue weighted by Crippen LogP contribution is 2.23. The van der Waals surface area contributed by atoms with Crippen molar-refractivity contribution in [2.75, 3.05) is 26.3 Å². The van der Waals surface area contributed by atoms with Crippen molar-refractivity contribution in [3.05, 3.63) is 48.5 Å². The van der Waals surface area contributed by atoms with Gasteiger partial charge < -0.3 is 20.9 Å². The maximum atomic E-state index is 5.89. The van der Waals surface area contributed by atoms with Crippen LogP contribution in [0.15, 0.2) is 48.5 Å². The van der Waals surface area contributed by atoms with E-state index < -0.39 is 0 Å². The Morgan fingerprint density at radius 3 is 2.58 bits per heavy atom. The molecule has 3 aromatic rings. The highest BCUT2D eigenvalue weighted by Gasteiger charge is 2.08. The summed E-state index contributed by atoms with van der Waals surface area (Å²) in [5, 5.41) is 2.25. The van der Waals surface area contributed by atoms with Gasteiger partial charge in [-0.25, -0.2) is 4.98 Å². The first-order chi connectivity index (χ1) is 12.8. The maximum absolute atomic E-state index is 5.89. The number of pyridine rings is 1. The summed E-state index contributed by atoms with van der Waals surface area (Å²) in [5.74, 6) is 0.819. The molecule has 0 saturated heterocycles. The summed E-state index contributed by atoms with van der Waals surface area (Å²) in [6.45, 7) is 2.46. The Kier molecular flexibility index (Phi) is 6.77. The van der Waals surface area contributed by atoms with Gasteiger partial charge in [0.2, 0.25) is 0 Å². The van der Waals surface area contributed by atoms with Gasteiger partial charge in [-0.1, -0.05) is 18.2 Å². The molecule has 0 amide bonds. The molecule has 2 aromatic carbocycles. The number of fused-ring (bicyclic) bond motifs is 2. The van der Waals surface area contributed by atoms with Crippen molar-refractivity contribution >= 4 is 21.8 Å². The van der Waals surface area contributed by atoms with Crippen molar-refractivity contribution in [1.29, 1.82) is 0 Å². The zero-order valence-electron chi connectivity index (χ0n) is 15.1. The number of unbranched alkanes of at least 4 members (excludes halogenated alkanes) is 1. The van der Waals surface area contributed by atoms with Crippen LogP contribution in [0.25, 0.3) is 21.8 Å². The van der Waals surface area contributed by atoms with E-state index in [0.29, 0.717) is 26.3 Å². The summed E-state index contributed by atoms with van der Waals surface area (Å²) in [5.41, 5.74) is 13.2. The number of nitrogens with two attached hydrogens (primary N) is 2. The quantitative estimate of drug-likeness (QED) is 0.432. The molecule has 0 spiro atoms. The Hall–Kier alpha value is -2.21. The van der Waals surface area contributed by atoms with E-state index in [9.17, 15) is 0 Å². The van der Waals surface area contributed by atoms with E-state index in [1.54, 1.807) is 0 Å². The number of nitrogens with zero attached hydrogens (tertiary/aromatic N) is 1. The molecule has 5 heteroatoms. The zero-order chi connectivity index (χ0) is 18.2. The predicted molar refractivity (Wildman–Crippen MR) is 106 cm³/mol. The molecule has 0 aliphatic carbocycles. The molecule has 5 nitrogen and oxygen atoms in total. The molecule has 1 aromatic heterocycles. The molecule has 4 N–H and O–H groups in total. The highest BCUT2D eigenvalue weighted by molar-refractivity contribution is 5.93. The zero-order valence-corrected chi connectivity index (χ0v) is 15.1. The number of hydrogen-bond acceptors (Lipinski definition) is 5. The molecule has 26 heavy (non-hydrogen) atoms. The van der Waals surface area contributed by atoms with Crippen LogP contribution in [0, 0.1) is 0 Å². The SMILES string of the molecule is NCCCCOC(CN)CCOc1ccc2cc3ccccc3nc2c1. The Morgan fingerprint density at radius 2 is 1.73 bits per heavy atom. The van der Waals surface area contributed by atoms with Gasteiger partial charge in [-0.05, 0) is 43.7 Å². The molecule has 0 fully saturated rings. The standard InChI is InChI=1S/C21H27N3O2/c22-10-3-4-11-25-19(15-23)9-12-26-18-8-7-17-13-16-5-1-2-6-20(16)24-21(17)14-18/h1-2,5-8,13-14,19H,3-4,9-12,15,22-23H2. The van der Waals surface area contributed by atoms with Crippen molar-refractivity contribution < 1.29 is 9.47 Å². The van der Waals surface area contributed by atoms with Crippen molar-refractivity contribution in [3.63, 3.8) is 0 Å². The van der Waals surface area contributed by atoms with Crippen LogP contribution in [0.3, 0.4) is 0 Å². The van der Waals surface area contributed by atoms with Crippen LogP contribution >= 0.6 is 0 Å². The van der Waals surface area contributed by atoms with Gasteiger partial charge in [-0.15, -0.1) is 0 Å². The van der Waals surface area contributed by atoms with E-state index >= 15 is 0 Å². The number of aromatic nitrogens is 1. The minimum atomic E-state index is 0.0234. The third-order valence-corrected chi connectivity index (χ3v) is 4.41. The van der Waals surface area contributed by atoms with E-state index in [0.717, 1.165) is 46.8 Å². The predicted octanol–water partition coefficient (Wildman–Crippen LogP) is 3.24. The van der Waals surface area contributed by atoms with Crippen LogP contribution in [0.2, 0.25) is 0 Å². The van der Waals surface area contributed by atoms with E-state index in [-0.39, 0.29) is 6.10 Å². The summed E-state index contributed by atoms with van der Waals surface area (Å²) >= 11 is 0. The number of rotatable bonds is 10. The summed E-state index contributed by atoms with van der Waals surface area (Å²) < 4.78 is 11.7. The molecular formula is C21H27N3O2. The van der Waals surface area contributed by atoms with Crippen LogP contribution in [0.4, 0.5) is 0 Å². The van der Waals surface area contributed by atoms with Crippen LogP contribution in [0.1, 0.15) is 19.3 Å². The second kappa shape index (κ2) is 9.48. The molecule has 1 atom stereocenters. The van der Waals surface area contributed by atoms with E-state index in [2.05, 4.69) is 12.1 Å². The molecule has 0 saturated carbocycles. The summed E-state index contributed by atoms with van der Waals surface area (Å²) in [6, 6.07) is 16.3. The molecule has 3 rings (SSSR count). The lowest BCUT2D eigenvalue weighted by Crippen LogP contribution is -2.26. The lowest BCUT2D eigenvalue weighted by molar-refractivity contribution is 0.0420. The van der Waals surface area contributed by atoms with Crippen molar-refractivity contribution in [2.24, 2.45) is 11.5 Å². The third-order valence-electron chi connectivity index (χ3n) is 4.41. The second-order valence-electron chi connectivity index (χ2n) is 6.40. The first-order valence-electron chi connectivity index (χ1n) is 9.24. The van der Waals surface area contributed by atoms with Crippen LogP contribution < -0.4 is 16.2 Å². The monoisotopic (exact) mass is 353 g/mol. The highest BCUT2D eigenvalue weighted by atomic mass is 16.5. The van der Waals surface area contributed by atoms with E-state index in [1.807, 2.05) is 36.4 Å². The Morgan fingerprint density at radius 1 is 0.885 bits per heavy atom. The number of para-hydroxylation sites is 1. The topological polar surface area (TPSA) is 83.4 Å². The summed E-state index contributed by atoms with van der Waals surface area (Å²) in [6.07, 6.45) is 2.74. The molecule has 0 bridgehead atoms. The van der Waals surface area contributed by atoms with E-state index in [1.165, 1.54) is 0 Å². The Labute approximate surface area is 154 Å². The summed E-state index contributed by atoms with van der Waals surface area (Å²) in [4.78, 5) is 4.72. The van der Waals surface area contributed by atoms with Gasteiger partial charge in [-0.2, -0.15) is 0 Å². The first kappa shape index (κ1) is 18.6. The van der Waals surface area contributed by atoms with Crippen LogP contribution in [-0.2, 0) is 4.74 Å². The molecular weight excluding hydrogens is 326 g/mol. The van der Waals surface area contributed by atoms with Gasteiger partial charge in [0, 0.05) is 36.4 Å². The average molecular weight is 353 g/mol. The van der Waals surface area contributed by atoms with Crippen molar-refractivity contribution in [2.45, 2.75) is 25.4 Å². The van der Waals surface area contributed by atoms with Crippen molar-refractivity contribution in [1.82, 2.24) is 4.98 Å². The number of ether oxygens (including phenoxy) is 2. The lowest BCUT2D eigenvalue weighted by Gasteiger charge is -2.16. The van der Waals surface area contributed by atoms with Gasteiger partial charge in [-0.3, -0.25) is 0 Å². The van der Waals surface area contributed by atoms with Crippen LogP contribution in [0.5, 0.6) is 5.75 Å². The summed E-state index contributed by atoms with van der Waals surface area (Å²) in [7, 11) is 0. The molecule has 0 aliphatic heterocycles. The normalized spacial score (nSPS) is 12.5. The van der Waals surface area contributed by atoms with Gasteiger partial charge in [0.05, 0.1) is 23.7 Å². The second-order valence-corrected chi connectivity index (χ2v) is 6.40. The van der Waals surface area contributed by atoms with Crippen LogP contribution in [-0.4, -0.2) is 37.4 Å². The Bertz CT molecular complexity index is 838. The molecule has 0 aliphatic rings. The molecule has 0 radical (unpaired) electrons. The maximum Gasteiger partial charge on any atom is 0.121 e. The van der Waals surface area contributed by atoms with E-state index in [4.69, 9.17) is 25.9 Å². The Balaban J connectivity index is 1.57. The average Bonchev–Trinajstić information content (AvgIpc) is 2.68. The third kappa shape index (κ3) is 4.91. The lowest BCUT2D eigenvalue weighted by atomic mass is 10.1. The number of hydrogen-bond donors (Lipinski definition) is 2. The molecule has 1 unspecified atom stereocenters. The minimum absolute atomic E-state index is 0.0234. The fourth-order valence-corrected chi connectivity index (χ4v) is 2.91. The fourth-order valence-electron chi connectivity index (χ4n) is 2.91. The molecule has 138 valence electrons. The first-order valence-corrected chi connectivity index (χ1v) is 9.24. The van der Waals surface area contributed by atoms with Gasteiger partial charge in [0.25, 0.3) is 0 Å². The fraction of sp³-hybridized carbons (Fsp3) is 0.381. The largest absolute Gasteiger partial charge is 0.493 e. The smallest absolute Gasteiger partial charge is 0.121 e. The van der Waals surface area contributed by atoms with Gasteiger partial charge in [0.1, 0.15) is 5.75 Å².